The Hall–Kier alpha value is -0.470. The lowest BCUT2D eigenvalue weighted by atomic mass is 10.3. The van der Waals surface area contributed by atoms with E-state index in [4.69, 9.17) is 0 Å². The van der Waals surface area contributed by atoms with Crippen LogP contribution in [0.3, 0.4) is 0 Å². The molecule has 7 heteroatoms. The van der Waals surface area contributed by atoms with Gasteiger partial charge < -0.3 is 10.2 Å². The molecule has 1 aromatic rings. The van der Waals surface area contributed by atoms with Crippen molar-refractivity contribution in [2.24, 2.45) is 0 Å². The van der Waals surface area contributed by atoms with Crippen molar-refractivity contribution < 1.29 is 8.42 Å². The molecule has 0 amide bonds. The Labute approximate surface area is 131 Å². The second kappa shape index (κ2) is 8.24. The lowest BCUT2D eigenvalue weighted by molar-refractivity contribution is 0.344. The van der Waals surface area contributed by atoms with Gasteiger partial charge in [-0.15, -0.1) is 11.3 Å². The molecule has 0 saturated carbocycles. The maximum absolute atomic E-state index is 12.2. The largest absolute Gasteiger partial charge is 0.313 e. The van der Waals surface area contributed by atoms with Crippen LogP contribution in [0.2, 0.25) is 0 Å². The molecular formula is C14H25N3O2S2. The van der Waals surface area contributed by atoms with Gasteiger partial charge in [-0.2, -0.15) is 0 Å². The van der Waals surface area contributed by atoms with Crippen molar-refractivity contribution in [3.05, 3.63) is 17.0 Å². The van der Waals surface area contributed by atoms with Gasteiger partial charge in [0.25, 0.3) is 0 Å². The highest BCUT2D eigenvalue weighted by molar-refractivity contribution is 7.91. The molecule has 0 unspecified atom stereocenters. The normalized spacial score (nSPS) is 16.6. The van der Waals surface area contributed by atoms with E-state index in [2.05, 4.69) is 21.9 Å². The van der Waals surface area contributed by atoms with Crippen LogP contribution in [0.1, 0.15) is 31.7 Å². The molecule has 1 aliphatic heterocycles. The second-order valence-electron chi connectivity index (χ2n) is 5.40. The number of hydrogen-bond donors (Lipinski definition) is 2. The van der Waals surface area contributed by atoms with Gasteiger partial charge in [-0.05, 0) is 55.9 Å². The molecule has 5 nitrogen and oxygen atoms in total. The minimum Gasteiger partial charge on any atom is -0.313 e. The highest BCUT2D eigenvalue weighted by Crippen LogP contribution is 2.20. The van der Waals surface area contributed by atoms with Crippen LogP contribution in [0.5, 0.6) is 0 Å². The summed E-state index contributed by atoms with van der Waals surface area (Å²) < 4.78 is 27.5. The molecule has 2 rings (SSSR count). The summed E-state index contributed by atoms with van der Waals surface area (Å²) in [7, 11) is -3.35. The number of hydrogen-bond acceptors (Lipinski definition) is 5. The number of nitrogens with zero attached hydrogens (tertiary/aromatic N) is 1. The number of nitrogens with one attached hydrogen (secondary N) is 2. The van der Waals surface area contributed by atoms with Gasteiger partial charge >= 0.3 is 0 Å². The van der Waals surface area contributed by atoms with Crippen molar-refractivity contribution in [3.63, 3.8) is 0 Å². The van der Waals surface area contributed by atoms with E-state index in [0.29, 0.717) is 10.8 Å². The summed E-state index contributed by atoms with van der Waals surface area (Å²) in [6.07, 6.45) is 3.53. The third-order valence-corrected chi connectivity index (χ3v) is 6.52. The van der Waals surface area contributed by atoms with Gasteiger partial charge in [0.2, 0.25) is 10.0 Å². The maximum Gasteiger partial charge on any atom is 0.250 e. The van der Waals surface area contributed by atoms with Gasteiger partial charge in [0, 0.05) is 19.6 Å². The molecule has 1 aromatic heterocycles. The second-order valence-corrected chi connectivity index (χ2v) is 8.30. The Morgan fingerprint density at radius 2 is 2.05 bits per heavy atom. The highest BCUT2D eigenvalue weighted by atomic mass is 32.2. The van der Waals surface area contributed by atoms with Crippen molar-refractivity contribution >= 4 is 21.4 Å². The van der Waals surface area contributed by atoms with Crippen molar-refractivity contribution in [1.29, 1.82) is 0 Å². The smallest absolute Gasteiger partial charge is 0.250 e. The SMILES string of the molecule is CCCNCc1csc(S(=O)(=O)NCCN2CCCC2)c1. The summed E-state index contributed by atoms with van der Waals surface area (Å²) in [5, 5.41) is 5.20. The minimum atomic E-state index is -3.35. The maximum atomic E-state index is 12.2. The van der Waals surface area contributed by atoms with Crippen molar-refractivity contribution in [3.8, 4) is 0 Å². The van der Waals surface area contributed by atoms with Gasteiger partial charge in [0.05, 0.1) is 0 Å². The lowest BCUT2D eigenvalue weighted by Gasteiger charge is -2.14. The van der Waals surface area contributed by atoms with Crippen LogP contribution in [0, 0.1) is 0 Å². The molecule has 0 radical (unpaired) electrons. The van der Waals surface area contributed by atoms with Gasteiger partial charge in [0.1, 0.15) is 4.21 Å². The molecule has 0 aromatic carbocycles. The first-order valence-corrected chi connectivity index (χ1v) is 9.98. The Morgan fingerprint density at radius 3 is 2.76 bits per heavy atom. The predicted molar refractivity (Wildman–Crippen MR) is 87.2 cm³/mol. The molecule has 21 heavy (non-hydrogen) atoms. The number of likely N-dealkylation sites (tertiary alicyclic amines) is 1. The van der Waals surface area contributed by atoms with E-state index >= 15 is 0 Å². The number of sulfonamides is 1. The Bertz CT molecular complexity index is 522. The van der Waals surface area contributed by atoms with Crippen LogP contribution < -0.4 is 10.0 Å². The van der Waals surface area contributed by atoms with Crippen LogP contribution in [-0.2, 0) is 16.6 Å². The molecule has 0 spiro atoms. The van der Waals surface area contributed by atoms with E-state index in [0.717, 1.165) is 44.7 Å². The Balaban J connectivity index is 1.80. The monoisotopic (exact) mass is 331 g/mol. The van der Waals surface area contributed by atoms with Crippen molar-refractivity contribution in [1.82, 2.24) is 14.9 Å². The van der Waals surface area contributed by atoms with Crippen molar-refractivity contribution in [2.75, 3.05) is 32.7 Å². The first-order chi connectivity index (χ1) is 10.1. The fraction of sp³-hybridized carbons (Fsp3) is 0.714. The third-order valence-electron chi connectivity index (χ3n) is 3.57. The van der Waals surface area contributed by atoms with E-state index in [1.165, 1.54) is 24.2 Å². The van der Waals surface area contributed by atoms with Gasteiger partial charge in [0.15, 0.2) is 0 Å². The van der Waals surface area contributed by atoms with Crippen LogP contribution in [-0.4, -0.2) is 46.0 Å². The summed E-state index contributed by atoms with van der Waals surface area (Å²) in [5.41, 5.74) is 1.04. The molecule has 1 fully saturated rings. The number of thiophene rings is 1. The first kappa shape index (κ1) is 16.9. The average molecular weight is 332 g/mol. The zero-order valence-corrected chi connectivity index (χ0v) is 14.2. The van der Waals surface area contributed by atoms with Gasteiger partial charge in [-0.1, -0.05) is 6.92 Å². The molecule has 1 aliphatic rings. The Morgan fingerprint density at radius 1 is 1.29 bits per heavy atom. The third kappa shape index (κ3) is 5.34. The van der Waals surface area contributed by atoms with Crippen LogP contribution >= 0.6 is 11.3 Å². The molecule has 2 N–H and O–H groups in total. The summed E-state index contributed by atoms with van der Waals surface area (Å²) in [5.74, 6) is 0. The molecule has 2 heterocycles. The van der Waals surface area contributed by atoms with Crippen LogP contribution in [0.15, 0.2) is 15.7 Å². The molecule has 0 atom stereocenters. The first-order valence-electron chi connectivity index (χ1n) is 7.62. The van der Waals surface area contributed by atoms with Crippen molar-refractivity contribution in [2.45, 2.75) is 36.9 Å². The zero-order valence-electron chi connectivity index (χ0n) is 12.6. The Kier molecular flexibility index (Phi) is 6.63. The van der Waals surface area contributed by atoms with E-state index in [-0.39, 0.29) is 0 Å². The molecule has 120 valence electrons. The molecule has 0 aliphatic carbocycles. The standard InChI is InChI=1S/C14H25N3O2S2/c1-2-5-15-11-13-10-14(20-12-13)21(18,19)16-6-9-17-7-3-4-8-17/h10,12,15-16H,2-9,11H2,1H3. The highest BCUT2D eigenvalue weighted by Gasteiger charge is 2.17. The van der Waals surface area contributed by atoms with E-state index < -0.39 is 10.0 Å². The predicted octanol–water partition coefficient (Wildman–Crippen LogP) is 1.62. The molecule has 0 bridgehead atoms. The molecule has 1 saturated heterocycles. The van der Waals surface area contributed by atoms with Crippen LogP contribution in [0.25, 0.3) is 0 Å². The summed E-state index contributed by atoms with van der Waals surface area (Å²) in [6.45, 7) is 7.27. The summed E-state index contributed by atoms with van der Waals surface area (Å²) in [4.78, 5) is 2.30. The zero-order chi connectivity index (χ0) is 15.1. The fourth-order valence-corrected chi connectivity index (χ4v) is 4.69. The molecular weight excluding hydrogens is 306 g/mol. The topological polar surface area (TPSA) is 61.4 Å². The van der Waals surface area contributed by atoms with Gasteiger partial charge in [-0.25, -0.2) is 13.1 Å². The van der Waals surface area contributed by atoms with E-state index in [1.54, 1.807) is 6.07 Å². The summed E-state index contributed by atoms with van der Waals surface area (Å²) >= 11 is 1.29. The summed E-state index contributed by atoms with van der Waals surface area (Å²) in [6, 6.07) is 1.77. The average Bonchev–Trinajstić information content (AvgIpc) is 3.10. The van der Waals surface area contributed by atoms with Crippen LogP contribution in [0.4, 0.5) is 0 Å². The fourth-order valence-electron chi connectivity index (χ4n) is 2.41. The van der Waals surface area contributed by atoms with E-state index in [1.807, 2.05) is 5.38 Å². The van der Waals surface area contributed by atoms with Gasteiger partial charge in [-0.3, -0.25) is 0 Å². The quantitative estimate of drug-likeness (QED) is 0.675. The minimum absolute atomic E-state index is 0.414. The van der Waals surface area contributed by atoms with E-state index in [9.17, 15) is 8.42 Å². The lowest BCUT2D eigenvalue weighted by Crippen LogP contribution is -2.33. The number of rotatable bonds is 9.